The van der Waals surface area contributed by atoms with Crippen LogP contribution in [0.4, 0.5) is 0 Å². The lowest BCUT2D eigenvalue weighted by atomic mass is 9.96. The molecule has 0 unspecified atom stereocenters. The second kappa shape index (κ2) is 5.54. The lowest BCUT2D eigenvalue weighted by Gasteiger charge is -2.28. The van der Waals surface area contributed by atoms with Crippen LogP contribution in [-0.4, -0.2) is 43.5 Å². The molecule has 0 saturated carbocycles. The fourth-order valence-electron chi connectivity index (χ4n) is 2.78. The predicted molar refractivity (Wildman–Crippen MR) is 81.8 cm³/mol. The molecule has 2 heterocycles. The van der Waals surface area contributed by atoms with E-state index >= 15 is 0 Å². The van der Waals surface area contributed by atoms with Crippen molar-refractivity contribution in [2.75, 3.05) is 32.8 Å². The standard InChI is InChI=1S/C17H20N2O2/c1-11-4-5-14-16(12(11)2)18-13(3)15(17(14)20)10-19-6-8-21-9-7-19/h4-5H,2,6-10H2,1,3H3. The van der Waals surface area contributed by atoms with E-state index in [0.717, 1.165) is 53.7 Å². The molecule has 4 heteroatoms. The molecule has 2 aliphatic heterocycles. The lowest BCUT2D eigenvalue weighted by molar-refractivity contribution is 0.0416. The molecule has 0 amide bonds. The Morgan fingerprint density at radius 1 is 1.29 bits per heavy atom. The molecule has 1 aromatic carbocycles. The zero-order chi connectivity index (χ0) is 15.0. The number of rotatable bonds is 2. The highest BCUT2D eigenvalue weighted by atomic mass is 16.5. The van der Waals surface area contributed by atoms with Crippen molar-refractivity contribution in [3.05, 3.63) is 45.1 Å². The summed E-state index contributed by atoms with van der Waals surface area (Å²) in [6.45, 7) is 11.8. The number of benzene rings is 1. The Balaban J connectivity index is 2.00. The number of nitrogens with zero attached hydrogens (tertiary/aromatic N) is 2. The number of Topliss-reactive ketones (excluding diaryl/α,β-unsaturated/α-hetero) is 1. The maximum Gasteiger partial charge on any atom is 0.194 e. The quantitative estimate of drug-likeness (QED) is 0.808. The molecule has 1 saturated heterocycles. The van der Waals surface area contributed by atoms with Crippen molar-refractivity contribution in [3.8, 4) is 0 Å². The Bertz CT molecular complexity index is 728. The fourth-order valence-corrected chi connectivity index (χ4v) is 2.78. The summed E-state index contributed by atoms with van der Waals surface area (Å²) in [5.41, 5.74) is 3.36. The van der Waals surface area contributed by atoms with Crippen LogP contribution in [0.5, 0.6) is 0 Å². The first-order valence-corrected chi connectivity index (χ1v) is 7.30. The number of hydrogen-bond acceptors (Lipinski definition) is 4. The summed E-state index contributed by atoms with van der Waals surface area (Å²) in [6, 6.07) is 3.82. The molecule has 1 fully saturated rings. The van der Waals surface area contributed by atoms with Gasteiger partial charge in [0.1, 0.15) is 0 Å². The van der Waals surface area contributed by atoms with Crippen LogP contribution in [-0.2, 0) is 4.74 Å². The van der Waals surface area contributed by atoms with Crippen LogP contribution < -0.4 is 10.6 Å². The number of aryl methyl sites for hydroxylation is 1. The molecular weight excluding hydrogens is 264 g/mol. The Hall–Kier alpha value is -1.78. The third-order valence-electron chi connectivity index (χ3n) is 4.24. The Morgan fingerprint density at radius 3 is 2.71 bits per heavy atom. The van der Waals surface area contributed by atoms with Crippen molar-refractivity contribution in [1.82, 2.24) is 4.90 Å². The number of allylic oxidation sites excluding steroid dienone is 1. The van der Waals surface area contributed by atoms with Crippen molar-refractivity contribution in [2.24, 2.45) is 4.99 Å². The van der Waals surface area contributed by atoms with Crippen LogP contribution in [0.3, 0.4) is 0 Å². The number of carbonyl (C=O) groups excluding carboxylic acids is 1. The average Bonchev–Trinajstić information content (AvgIpc) is 2.49. The minimum atomic E-state index is 0.0916. The second-order valence-electron chi connectivity index (χ2n) is 5.65. The van der Waals surface area contributed by atoms with E-state index in [1.807, 2.05) is 26.0 Å². The zero-order valence-electron chi connectivity index (χ0n) is 12.6. The second-order valence-corrected chi connectivity index (χ2v) is 5.65. The van der Waals surface area contributed by atoms with E-state index in [4.69, 9.17) is 4.74 Å². The SMILES string of the molecule is C=c1c(C)ccc2c1=NC(C)=C(CN1CCOCC1)C2=O. The topological polar surface area (TPSA) is 41.9 Å². The summed E-state index contributed by atoms with van der Waals surface area (Å²) < 4.78 is 5.35. The van der Waals surface area contributed by atoms with Gasteiger partial charge in [0.2, 0.25) is 0 Å². The van der Waals surface area contributed by atoms with Gasteiger partial charge in [0, 0.05) is 36.5 Å². The maximum absolute atomic E-state index is 12.8. The van der Waals surface area contributed by atoms with Gasteiger partial charge in [-0.05, 0) is 30.7 Å². The van der Waals surface area contributed by atoms with Crippen molar-refractivity contribution >= 4 is 12.4 Å². The molecule has 0 spiro atoms. The number of carbonyl (C=O) groups is 1. The van der Waals surface area contributed by atoms with Crippen LogP contribution in [0.25, 0.3) is 6.58 Å². The van der Waals surface area contributed by atoms with Crippen molar-refractivity contribution in [2.45, 2.75) is 13.8 Å². The number of fused-ring (bicyclic) bond motifs is 1. The number of ether oxygens (including phenoxy) is 1. The average molecular weight is 284 g/mol. The molecule has 0 aromatic heterocycles. The van der Waals surface area contributed by atoms with Gasteiger partial charge < -0.3 is 4.74 Å². The summed E-state index contributed by atoms with van der Waals surface area (Å²) in [7, 11) is 0. The van der Waals surface area contributed by atoms with Crippen LogP contribution in [0.15, 0.2) is 28.4 Å². The fraction of sp³-hybridized carbons (Fsp3) is 0.412. The third-order valence-corrected chi connectivity index (χ3v) is 4.24. The van der Waals surface area contributed by atoms with Gasteiger partial charge >= 0.3 is 0 Å². The van der Waals surface area contributed by atoms with E-state index in [9.17, 15) is 4.79 Å². The Morgan fingerprint density at radius 2 is 2.00 bits per heavy atom. The highest BCUT2D eigenvalue weighted by molar-refractivity contribution is 6.10. The summed E-state index contributed by atoms with van der Waals surface area (Å²) in [4.78, 5) is 19.7. The first-order chi connectivity index (χ1) is 10.1. The smallest absolute Gasteiger partial charge is 0.194 e. The van der Waals surface area contributed by atoms with Crippen LogP contribution in [0.2, 0.25) is 0 Å². The molecule has 21 heavy (non-hydrogen) atoms. The van der Waals surface area contributed by atoms with Gasteiger partial charge in [-0.25, -0.2) is 0 Å². The molecule has 0 radical (unpaired) electrons. The number of ketones is 1. The normalized spacial score (nSPS) is 19.4. The molecule has 0 bridgehead atoms. The van der Waals surface area contributed by atoms with E-state index in [-0.39, 0.29) is 5.78 Å². The minimum Gasteiger partial charge on any atom is -0.379 e. The van der Waals surface area contributed by atoms with E-state index in [2.05, 4.69) is 16.5 Å². The minimum absolute atomic E-state index is 0.0916. The van der Waals surface area contributed by atoms with E-state index < -0.39 is 0 Å². The summed E-state index contributed by atoms with van der Waals surface area (Å²) in [5, 5.41) is 1.59. The Labute approximate surface area is 124 Å². The monoisotopic (exact) mass is 284 g/mol. The molecule has 3 rings (SSSR count). The maximum atomic E-state index is 12.8. The van der Waals surface area contributed by atoms with Gasteiger partial charge in [-0.15, -0.1) is 0 Å². The summed E-state index contributed by atoms with van der Waals surface area (Å²) in [6.07, 6.45) is 0. The van der Waals surface area contributed by atoms with Gasteiger partial charge in [0.25, 0.3) is 0 Å². The van der Waals surface area contributed by atoms with E-state index in [1.54, 1.807) is 0 Å². The summed E-state index contributed by atoms with van der Waals surface area (Å²) >= 11 is 0. The third kappa shape index (κ3) is 2.57. The molecule has 110 valence electrons. The first kappa shape index (κ1) is 14.2. The first-order valence-electron chi connectivity index (χ1n) is 7.30. The summed E-state index contributed by atoms with van der Waals surface area (Å²) in [5.74, 6) is 0.0916. The molecule has 4 nitrogen and oxygen atoms in total. The van der Waals surface area contributed by atoms with Crippen LogP contribution in [0.1, 0.15) is 22.8 Å². The molecule has 0 aliphatic carbocycles. The molecule has 1 aromatic rings. The van der Waals surface area contributed by atoms with Crippen molar-refractivity contribution in [1.29, 1.82) is 0 Å². The van der Waals surface area contributed by atoms with Gasteiger partial charge in [0.05, 0.1) is 18.6 Å². The molecule has 0 N–H and O–H groups in total. The predicted octanol–water partition coefficient (Wildman–Crippen LogP) is 0.827. The molecule has 2 aliphatic rings. The van der Waals surface area contributed by atoms with Crippen molar-refractivity contribution in [3.63, 3.8) is 0 Å². The van der Waals surface area contributed by atoms with Gasteiger partial charge in [-0.3, -0.25) is 14.7 Å². The highest BCUT2D eigenvalue weighted by Crippen LogP contribution is 2.17. The number of morpholine rings is 1. The van der Waals surface area contributed by atoms with Gasteiger partial charge in [-0.1, -0.05) is 12.6 Å². The highest BCUT2D eigenvalue weighted by Gasteiger charge is 2.24. The van der Waals surface area contributed by atoms with Crippen LogP contribution >= 0.6 is 0 Å². The van der Waals surface area contributed by atoms with Gasteiger partial charge in [-0.2, -0.15) is 0 Å². The van der Waals surface area contributed by atoms with Crippen LogP contribution in [0, 0.1) is 6.92 Å². The number of hydrogen-bond donors (Lipinski definition) is 0. The molecule has 0 atom stereocenters. The largest absolute Gasteiger partial charge is 0.379 e. The Kier molecular flexibility index (Phi) is 3.74. The molecular formula is C17H20N2O2. The van der Waals surface area contributed by atoms with E-state index in [1.165, 1.54) is 0 Å². The zero-order valence-corrected chi connectivity index (χ0v) is 12.6. The van der Waals surface area contributed by atoms with E-state index in [0.29, 0.717) is 12.1 Å². The van der Waals surface area contributed by atoms with Crippen molar-refractivity contribution < 1.29 is 9.53 Å². The lowest BCUT2D eigenvalue weighted by Crippen LogP contribution is -2.41. The van der Waals surface area contributed by atoms with Gasteiger partial charge in [0.15, 0.2) is 5.78 Å².